The fourth-order valence-corrected chi connectivity index (χ4v) is 1.56. The molecule has 2 rings (SSSR count). The molecule has 0 aliphatic carbocycles. The number of phenolic OH excluding ortho intramolecular Hbond substituents is 1. The Morgan fingerprint density at radius 2 is 1.79 bits per heavy atom. The summed E-state index contributed by atoms with van der Waals surface area (Å²) in [5, 5.41) is 9.17. The quantitative estimate of drug-likeness (QED) is 0.709. The Hall–Kier alpha value is -2.83. The Morgan fingerprint density at radius 3 is 2.37 bits per heavy atom. The van der Waals surface area contributed by atoms with Gasteiger partial charge in [0, 0.05) is 18.8 Å². The van der Waals surface area contributed by atoms with Gasteiger partial charge in [-0.15, -0.1) is 0 Å². The van der Waals surface area contributed by atoms with E-state index in [4.69, 9.17) is 0 Å². The lowest BCUT2D eigenvalue weighted by Crippen LogP contribution is -2.32. The average molecular weight is 261 g/mol. The molecule has 7 nitrogen and oxygen atoms in total. The highest BCUT2D eigenvalue weighted by molar-refractivity contribution is 6.04. The van der Waals surface area contributed by atoms with Crippen LogP contribution in [0.5, 0.6) is 5.75 Å². The minimum absolute atomic E-state index is 0.0779. The molecule has 7 heteroatoms. The third kappa shape index (κ3) is 2.71. The van der Waals surface area contributed by atoms with Gasteiger partial charge in [0.2, 0.25) is 0 Å². The van der Waals surface area contributed by atoms with Gasteiger partial charge in [-0.05, 0) is 24.3 Å². The number of hydrogen-bond donors (Lipinski definition) is 3. The van der Waals surface area contributed by atoms with Gasteiger partial charge in [-0.25, -0.2) is 4.79 Å². The number of benzene rings is 1. The second-order valence-corrected chi connectivity index (χ2v) is 3.88. The zero-order valence-electron chi connectivity index (χ0n) is 10.0. The molecule has 0 saturated carbocycles. The lowest BCUT2D eigenvalue weighted by Gasteiger charge is -2.16. The maximum Gasteiger partial charge on any atom is 0.326 e. The van der Waals surface area contributed by atoms with Crippen molar-refractivity contribution in [2.75, 3.05) is 11.9 Å². The minimum Gasteiger partial charge on any atom is -0.508 e. The fraction of sp³-hybridized carbons (Fsp3) is 0.0833. The van der Waals surface area contributed by atoms with E-state index in [1.165, 1.54) is 24.1 Å². The maximum atomic E-state index is 12.1. The molecule has 0 radical (unpaired) electrons. The third-order valence-electron chi connectivity index (χ3n) is 2.53. The van der Waals surface area contributed by atoms with Crippen molar-refractivity contribution in [1.29, 1.82) is 0 Å². The number of aromatic hydroxyl groups is 1. The second kappa shape index (κ2) is 4.81. The predicted molar refractivity (Wildman–Crippen MR) is 68.5 cm³/mol. The van der Waals surface area contributed by atoms with Gasteiger partial charge >= 0.3 is 5.69 Å². The molecule has 19 heavy (non-hydrogen) atoms. The average Bonchev–Trinajstić information content (AvgIpc) is 2.37. The van der Waals surface area contributed by atoms with Crippen LogP contribution in [0.15, 0.2) is 39.9 Å². The fourth-order valence-electron chi connectivity index (χ4n) is 1.56. The Kier molecular flexibility index (Phi) is 3.19. The van der Waals surface area contributed by atoms with E-state index in [9.17, 15) is 19.5 Å². The van der Waals surface area contributed by atoms with Crippen LogP contribution in [0.2, 0.25) is 0 Å². The van der Waals surface area contributed by atoms with E-state index in [0.717, 1.165) is 6.07 Å². The number of anilines is 1. The van der Waals surface area contributed by atoms with Gasteiger partial charge < -0.3 is 15.0 Å². The summed E-state index contributed by atoms with van der Waals surface area (Å²) in [7, 11) is 1.49. The molecule has 1 aromatic heterocycles. The van der Waals surface area contributed by atoms with Crippen LogP contribution in [-0.4, -0.2) is 28.0 Å². The molecule has 0 fully saturated rings. The summed E-state index contributed by atoms with van der Waals surface area (Å²) < 4.78 is 0. The highest BCUT2D eigenvalue weighted by atomic mass is 16.3. The Bertz CT molecular complexity index is 686. The molecule has 0 bridgehead atoms. The smallest absolute Gasteiger partial charge is 0.326 e. The zero-order valence-corrected chi connectivity index (χ0v) is 10.0. The molecule has 98 valence electrons. The molecule has 0 aliphatic rings. The van der Waals surface area contributed by atoms with E-state index in [1.54, 1.807) is 12.1 Å². The molecule has 1 heterocycles. The number of nitrogens with zero attached hydrogens (tertiary/aromatic N) is 1. The summed E-state index contributed by atoms with van der Waals surface area (Å²) in [6.45, 7) is 0. The molecule has 2 aromatic rings. The summed E-state index contributed by atoms with van der Waals surface area (Å²) >= 11 is 0. The van der Waals surface area contributed by atoms with E-state index in [2.05, 4.69) is 4.98 Å². The van der Waals surface area contributed by atoms with Crippen molar-refractivity contribution >= 4 is 11.6 Å². The van der Waals surface area contributed by atoms with Gasteiger partial charge in [-0.1, -0.05) is 0 Å². The molecular weight excluding hydrogens is 250 g/mol. The Balaban J connectivity index is 2.35. The molecule has 3 N–H and O–H groups in total. The first-order valence-corrected chi connectivity index (χ1v) is 5.38. The predicted octanol–water partition coefficient (Wildman–Crippen LogP) is 0.0454. The molecule has 1 aromatic carbocycles. The largest absolute Gasteiger partial charge is 0.508 e. The molecule has 1 amide bonds. The number of aromatic nitrogens is 2. The minimum atomic E-state index is -0.741. The van der Waals surface area contributed by atoms with E-state index in [0.29, 0.717) is 5.69 Å². The zero-order chi connectivity index (χ0) is 14.0. The first kappa shape index (κ1) is 12.6. The van der Waals surface area contributed by atoms with E-state index < -0.39 is 17.2 Å². The first-order chi connectivity index (χ1) is 8.97. The summed E-state index contributed by atoms with van der Waals surface area (Å²) in [4.78, 5) is 39.8. The van der Waals surface area contributed by atoms with E-state index in [1.807, 2.05) is 4.98 Å². The molecule has 0 saturated heterocycles. The third-order valence-corrected chi connectivity index (χ3v) is 2.53. The standard InChI is InChI=1S/C12H11N3O4/c1-15(7-2-4-8(16)5-3-7)11(18)9-6-10(17)14-12(19)13-9/h2-6,16H,1H3,(H2,13,14,17,19). The molecule has 0 aliphatic heterocycles. The van der Waals surface area contributed by atoms with Crippen LogP contribution in [-0.2, 0) is 0 Å². The van der Waals surface area contributed by atoms with E-state index in [-0.39, 0.29) is 11.4 Å². The van der Waals surface area contributed by atoms with Gasteiger partial charge in [0.15, 0.2) is 0 Å². The summed E-state index contributed by atoms with van der Waals surface area (Å²) in [6, 6.07) is 6.96. The number of amides is 1. The Morgan fingerprint density at radius 1 is 1.16 bits per heavy atom. The molecule has 0 spiro atoms. The number of nitrogens with one attached hydrogen (secondary N) is 2. The van der Waals surface area contributed by atoms with Crippen LogP contribution in [0, 0.1) is 0 Å². The number of H-pyrrole nitrogens is 2. The number of carbonyl (C=O) groups excluding carboxylic acids is 1. The van der Waals surface area contributed by atoms with Crippen molar-refractivity contribution in [3.63, 3.8) is 0 Å². The van der Waals surface area contributed by atoms with Crippen LogP contribution in [0.1, 0.15) is 10.5 Å². The Labute approximate surface area is 107 Å². The maximum absolute atomic E-state index is 12.1. The summed E-state index contributed by atoms with van der Waals surface area (Å²) in [5.74, 6) is -0.456. The number of hydrogen-bond acceptors (Lipinski definition) is 4. The topological polar surface area (TPSA) is 106 Å². The van der Waals surface area contributed by atoms with Crippen LogP contribution in [0.25, 0.3) is 0 Å². The summed E-state index contributed by atoms with van der Waals surface area (Å²) in [5.41, 5.74) is -0.977. The van der Waals surface area contributed by atoms with Gasteiger partial charge in [0.1, 0.15) is 11.4 Å². The number of phenols is 1. The van der Waals surface area contributed by atoms with E-state index >= 15 is 0 Å². The molecule has 0 atom stereocenters. The lowest BCUT2D eigenvalue weighted by atomic mass is 10.2. The monoisotopic (exact) mass is 261 g/mol. The highest BCUT2D eigenvalue weighted by Gasteiger charge is 2.15. The van der Waals surface area contributed by atoms with Gasteiger partial charge in [0.05, 0.1) is 0 Å². The van der Waals surface area contributed by atoms with Crippen LogP contribution in [0.3, 0.4) is 0 Å². The number of aromatic amines is 2. The molecule has 0 unspecified atom stereocenters. The number of carbonyl (C=O) groups is 1. The van der Waals surface area contributed by atoms with Crippen molar-refractivity contribution in [2.24, 2.45) is 0 Å². The first-order valence-electron chi connectivity index (χ1n) is 5.38. The highest BCUT2D eigenvalue weighted by Crippen LogP contribution is 2.18. The van der Waals surface area contributed by atoms with Gasteiger partial charge in [-0.2, -0.15) is 0 Å². The van der Waals surface area contributed by atoms with Gasteiger partial charge in [-0.3, -0.25) is 14.6 Å². The normalized spacial score (nSPS) is 10.2. The summed E-state index contributed by atoms with van der Waals surface area (Å²) in [6.07, 6.45) is 0. The van der Waals surface area contributed by atoms with Crippen LogP contribution < -0.4 is 16.1 Å². The van der Waals surface area contributed by atoms with Crippen molar-refractivity contribution in [2.45, 2.75) is 0 Å². The number of rotatable bonds is 2. The van der Waals surface area contributed by atoms with Crippen molar-refractivity contribution in [1.82, 2.24) is 9.97 Å². The van der Waals surface area contributed by atoms with Crippen LogP contribution >= 0.6 is 0 Å². The second-order valence-electron chi connectivity index (χ2n) is 3.88. The van der Waals surface area contributed by atoms with Gasteiger partial charge in [0.25, 0.3) is 11.5 Å². The lowest BCUT2D eigenvalue weighted by molar-refractivity contribution is 0.0987. The van der Waals surface area contributed by atoms with Crippen molar-refractivity contribution in [3.8, 4) is 5.75 Å². The molecular formula is C12H11N3O4. The van der Waals surface area contributed by atoms with Crippen LogP contribution in [0.4, 0.5) is 5.69 Å². The van der Waals surface area contributed by atoms with Crippen molar-refractivity contribution in [3.05, 3.63) is 56.9 Å². The SMILES string of the molecule is CN(C(=O)c1cc(=O)[nH]c(=O)[nH]1)c1ccc(O)cc1. The van der Waals surface area contributed by atoms with Crippen molar-refractivity contribution < 1.29 is 9.90 Å².